The molecule has 0 saturated heterocycles. The summed E-state index contributed by atoms with van der Waals surface area (Å²) in [6.45, 7) is 0. The molecule has 0 radical (unpaired) electrons. The van der Waals surface area contributed by atoms with Gasteiger partial charge in [0.25, 0.3) is 11.8 Å². The van der Waals surface area contributed by atoms with E-state index < -0.39 is 11.8 Å². The maximum absolute atomic E-state index is 13.4. The van der Waals surface area contributed by atoms with E-state index in [1.54, 1.807) is 54.6 Å². The monoisotopic (exact) mass is 592 g/mol. The van der Waals surface area contributed by atoms with Gasteiger partial charge in [-0.1, -0.05) is 72.3 Å². The third-order valence-corrected chi connectivity index (χ3v) is 7.36. The minimum absolute atomic E-state index is 0.103. The Bertz CT molecular complexity index is 1750. The average Bonchev–Trinajstić information content (AvgIpc) is 3.02. The molecule has 3 N–H and O–H groups in total. The summed E-state index contributed by atoms with van der Waals surface area (Å²) >= 11 is 7.18. The summed E-state index contributed by atoms with van der Waals surface area (Å²) in [5.41, 5.74) is 1.87. The van der Waals surface area contributed by atoms with Crippen LogP contribution in [-0.4, -0.2) is 28.5 Å². The third-order valence-electron chi connectivity index (χ3n) is 6.13. The normalized spacial score (nSPS) is 11.1. The van der Waals surface area contributed by atoms with E-state index in [2.05, 4.69) is 20.9 Å². The predicted octanol–water partition coefficient (Wildman–Crippen LogP) is 7.03. The van der Waals surface area contributed by atoms with Crippen molar-refractivity contribution in [1.82, 2.24) is 10.3 Å². The zero-order valence-electron chi connectivity index (χ0n) is 22.2. The van der Waals surface area contributed by atoms with Gasteiger partial charge in [0.15, 0.2) is 0 Å². The first kappa shape index (κ1) is 28.6. The fraction of sp³-hybridized carbons (Fsp3) is 0.0303. The van der Waals surface area contributed by atoms with Crippen molar-refractivity contribution in [2.24, 2.45) is 0 Å². The number of pyridine rings is 1. The van der Waals surface area contributed by atoms with Crippen molar-refractivity contribution in [2.75, 3.05) is 16.4 Å². The number of nitrogens with one attached hydrogen (secondary N) is 3. The minimum atomic E-state index is -0.470. The first-order valence-corrected chi connectivity index (χ1v) is 14.3. The smallest absolute Gasteiger partial charge is 0.272 e. The van der Waals surface area contributed by atoms with Crippen molar-refractivity contribution in [1.29, 1.82) is 0 Å². The number of carbonyl (C=O) groups excluding carboxylic acids is 3. The summed E-state index contributed by atoms with van der Waals surface area (Å²) in [5, 5.41) is 10.8. The fourth-order valence-electron chi connectivity index (χ4n) is 4.08. The molecular formula is C33H25ClN4O3S. The zero-order valence-corrected chi connectivity index (χ0v) is 23.8. The fourth-order valence-corrected chi connectivity index (χ4v) is 4.89. The number of fused-ring (bicyclic) bond motifs is 1. The number of carbonyl (C=O) groups is 3. The number of hydrogen-bond acceptors (Lipinski definition) is 5. The molecular weight excluding hydrogens is 568 g/mol. The molecule has 0 fully saturated rings. The number of rotatable bonds is 9. The molecule has 0 atom stereocenters. The van der Waals surface area contributed by atoms with Crippen LogP contribution in [0.4, 0.5) is 11.5 Å². The van der Waals surface area contributed by atoms with Crippen molar-refractivity contribution in [3.63, 3.8) is 0 Å². The van der Waals surface area contributed by atoms with Gasteiger partial charge in [0.1, 0.15) is 11.5 Å². The van der Waals surface area contributed by atoms with Crippen LogP contribution in [0.15, 0.2) is 126 Å². The molecule has 0 aliphatic rings. The SMILES string of the molecule is O=C(CSc1ccc(NC(=O)/C(=C/c2cccc3ccccc23)NC(=O)c2ccccc2)cc1)Nc1ccc(Cl)cn1. The summed E-state index contributed by atoms with van der Waals surface area (Å²) in [6.07, 6.45) is 3.14. The van der Waals surface area contributed by atoms with Crippen LogP contribution in [0.25, 0.3) is 16.8 Å². The van der Waals surface area contributed by atoms with Gasteiger partial charge in [-0.25, -0.2) is 4.98 Å². The molecule has 3 amide bonds. The molecule has 1 aromatic heterocycles. The number of benzene rings is 4. The number of anilines is 2. The lowest BCUT2D eigenvalue weighted by molar-refractivity contribution is -0.114. The summed E-state index contributed by atoms with van der Waals surface area (Å²) in [6, 6.07) is 32.8. The quantitative estimate of drug-likeness (QED) is 0.126. The van der Waals surface area contributed by atoms with Crippen LogP contribution in [0.1, 0.15) is 15.9 Å². The Balaban J connectivity index is 1.29. The van der Waals surface area contributed by atoms with Gasteiger partial charge in [0.05, 0.1) is 10.8 Å². The lowest BCUT2D eigenvalue weighted by Crippen LogP contribution is -2.30. The molecule has 208 valence electrons. The van der Waals surface area contributed by atoms with Gasteiger partial charge < -0.3 is 16.0 Å². The second-order valence-corrected chi connectivity index (χ2v) is 10.6. The Morgan fingerprint density at radius 2 is 1.52 bits per heavy atom. The number of thioether (sulfide) groups is 1. The Kier molecular flexibility index (Phi) is 9.28. The van der Waals surface area contributed by atoms with E-state index in [1.807, 2.05) is 60.7 Å². The number of hydrogen-bond donors (Lipinski definition) is 3. The van der Waals surface area contributed by atoms with E-state index in [4.69, 9.17) is 11.6 Å². The molecule has 42 heavy (non-hydrogen) atoms. The summed E-state index contributed by atoms with van der Waals surface area (Å²) in [7, 11) is 0. The first-order valence-electron chi connectivity index (χ1n) is 13.0. The number of halogens is 1. The molecule has 0 unspecified atom stereocenters. The Morgan fingerprint density at radius 1 is 0.786 bits per heavy atom. The average molecular weight is 593 g/mol. The molecule has 4 aromatic carbocycles. The van der Waals surface area contributed by atoms with Crippen molar-refractivity contribution in [3.8, 4) is 0 Å². The van der Waals surface area contributed by atoms with Gasteiger partial charge in [0.2, 0.25) is 5.91 Å². The van der Waals surface area contributed by atoms with Crippen molar-refractivity contribution in [2.45, 2.75) is 4.90 Å². The van der Waals surface area contributed by atoms with Gasteiger partial charge in [0, 0.05) is 22.3 Å². The van der Waals surface area contributed by atoms with E-state index >= 15 is 0 Å². The molecule has 0 aliphatic carbocycles. The number of nitrogens with zero attached hydrogens (tertiary/aromatic N) is 1. The number of amides is 3. The second-order valence-electron chi connectivity index (χ2n) is 9.12. The highest BCUT2D eigenvalue weighted by Gasteiger charge is 2.16. The summed E-state index contributed by atoms with van der Waals surface area (Å²) in [4.78, 5) is 43.6. The highest BCUT2D eigenvalue weighted by Crippen LogP contribution is 2.23. The summed E-state index contributed by atoms with van der Waals surface area (Å²) < 4.78 is 0. The Hall–Kier alpha value is -4.92. The second kappa shape index (κ2) is 13.6. The minimum Gasteiger partial charge on any atom is -0.321 e. The molecule has 5 aromatic rings. The molecule has 0 bridgehead atoms. The molecule has 0 saturated carbocycles. The van der Waals surface area contributed by atoms with Crippen LogP contribution in [-0.2, 0) is 9.59 Å². The highest BCUT2D eigenvalue weighted by atomic mass is 35.5. The topological polar surface area (TPSA) is 100 Å². The number of aromatic nitrogens is 1. The Morgan fingerprint density at radius 3 is 2.29 bits per heavy atom. The zero-order chi connectivity index (χ0) is 29.3. The third kappa shape index (κ3) is 7.63. The maximum atomic E-state index is 13.4. The largest absolute Gasteiger partial charge is 0.321 e. The first-order chi connectivity index (χ1) is 20.4. The highest BCUT2D eigenvalue weighted by molar-refractivity contribution is 8.00. The van der Waals surface area contributed by atoms with Crippen LogP contribution >= 0.6 is 23.4 Å². The van der Waals surface area contributed by atoms with Crippen LogP contribution < -0.4 is 16.0 Å². The van der Waals surface area contributed by atoms with Gasteiger partial charge in [-0.05, 0) is 70.9 Å². The van der Waals surface area contributed by atoms with Gasteiger partial charge in [-0.2, -0.15) is 0 Å². The van der Waals surface area contributed by atoms with Crippen molar-refractivity contribution >= 4 is 69.4 Å². The van der Waals surface area contributed by atoms with Crippen LogP contribution in [0, 0.1) is 0 Å². The van der Waals surface area contributed by atoms with Crippen molar-refractivity contribution in [3.05, 3.63) is 137 Å². The predicted molar refractivity (Wildman–Crippen MR) is 170 cm³/mol. The van der Waals surface area contributed by atoms with Crippen LogP contribution in [0.3, 0.4) is 0 Å². The molecule has 1 heterocycles. The van der Waals surface area contributed by atoms with E-state index in [1.165, 1.54) is 18.0 Å². The van der Waals surface area contributed by atoms with Gasteiger partial charge in [-0.3, -0.25) is 14.4 Å². The maximum Gasteiger partial charge on any atom is 0.272 e. The molecule has 0 spiro atoms. The van der Waals surface area contributed by atoms with E-state index in [9.17, 15) is 14.4 Å². The van der Waals surface area contributed by atoms with E-state index in [0.29, 0.717) is 22.1 Å². The van der Waals surface area contributed by atoms with E-state index in [0.717, 1.165) is 21.2 Å². The molecule has 5 rings (SSSR count). The van der Waals surface area contributed by atoms with Crippen molar-refractivity contribution < 1.29 is 14.4 Å². The van der Waals surface area contributed by atoms with Crippen LogP contribution in [0.5, 0.6) is 0 Å². The summed E-state index contributed by atoms with van der Waals surface area (Å²) in [5.74, 6) is -0.461. The standard InChI is InChI=1S/C33H25ClN4O3S/c34-25-13-18-30(35-20-25)38-31(39)21-42-27-16-14-26(15-17-27)36-33(41)29(37-32(40)23-8-2-1-3-9-23)19-24-11-6-10-22-7-4-5-12-28(22)24/h1-20H,21H2,(H,36,41)(H,37,40)(H,35,38,39)/b29-19-. The molecule has 9 heteroatoms. The lowest BCUT2D eigenvalue weighted by atomic mass is 10.0. The van der Waals surface area contributed by atoms with Crippen LogP contribution in [0.2, 0.25) is 5.02 Å². The lowest BCUT2D eigenvalue weighted by Gasteiger charge is -2.12. The molecule has 0 aliphatic heterocycles. The van der Waals surface area contributed by atoms with Gasteiger partial charge >= 0.3 is 0 Å². The van der Waals surface area contributed by atoms with E-state index in [-0.39, 0.29) is 17.4 Å². The Labute approximate surface area is 252 Å². The van der Waals surface area contributed by atoms with Gasteiger partial charge in [-0.15, -0.1) is 11.8 Å². The molecule has 7 nitrogen and oxygen atoms in total.